The summed E-state index contributed by atoms with van der Waals surface area (Å²) in [7, 11) is 6.16. The van der Waals surface area contributed by atoms with Gasteiger partial charge >= 0.3 is 17.9 Å². The summed E-state index contributed by atoms with van der Waals surface area (Å²) in [4.78, 5) is 30.5. The van der Waals surface area contributed by atoms with E-state index in [1.165, 1.54) is 0 Å². The van der Waals surface area contributed by atoms with Crippen molar-refractivity contribution in [2.24, 2.45) is 0 Å². The van der Waals surface area contributed by atoms with Crippen LogP contribution in [-0.4, -0.2) is 93.3 Å². The highest BCUT2D eigenvalue weighted by Crippen LogP contribution is 2.15. The van der Waals surface area contributed by atoms with Crippen LogP contribution < -0.4 is 12.4 Å². The molecule has 0 rings (SSSR count). The van der Waals surface area contributed by atoms with E-state index in [9.17, 15) is 14.4 Å². The molecule has 0 unspecified atom stereocenters. The molecule has 0 heterocycles. The van der Waals surface area contributed by atoms with E-state index in [-0.39, 0.29) is 24.5 Å². The monoisotopic (exact) mass is 349 g/mol. The molecule has 0 saturated heterocycles. The molecule has 0 spiro atoms. The van der Waals surface area contributed by atoms with Crippen LogP contribution in [0.1, 0.15) is 12.8 Å². The fourth-order valence-corrected chi connectivity index (χ4v) is 1.01. The minimum atomic E-state index is -2.74. The number of aliphatic hydroxyl groups is 2. The predicted molar refractivity (Wildman–Crippen MR) is 70.7 cm³/mol. The van der Waals surface area contributed by atoms with Crippen molar-refractivity contribution in [3.05, 3.63) is 0 Å². The highest BCUT2D eigenvalue weighted by molar-refractivity contribution is 5.88. The second-order valence-corrected chi connectivity index (χ2v) is 5.22. The Bertz CT molecular complexity index is 338. The van der Waals surface area contributed by atoms with Crippen LogP contribution in [-0.2, 0) is 14.4 Å². The number of nitrogens with zero attached hydrogens (tertiary/aromatic N) is 1. The van der Waals surface area contributed by atoms with Gasteiger partial charge in [-0.25, -0.2) is 4.79 Å². The maximum atomic E-state index is 10.3. The van der Waals surface area contributed by atoms with Crippen LogP contribution in [0.4, 0.5) is 0 Å². The van der Waals surface area contributed by atoms with Gasteiger partial charge in [-0.3, -0.25) is 9.59 Å². The van der Waals surface area contributed by atoms with Crippen molar-refractivity contribution in [2.75, 3.05) is 34.3 Å². The lowest BCUT2D eigenvalue weighted by atomic mass is 9.96. The molecule has 0 aliphatic carbocycles. The van der Waals surface area contributed by atoms with Crippen molar-refractivity contribution in [2.45, 2.75) is 18.4 Å². The van der Waals surface area contributed by atoms with Gasteiger partial charge < -0.3 is 47.9 Å². The zero-order valence-electron chi connectivity index (χ0n) is 12.6. The van der Waals surface area contributed by atoms with Gasteiger partial charge in [0, 0.05) is 0 Å². The van der Waals surface area contributed by atoms with Crippen LogP contribution in [0.5, 0.6) is 0 Å². The molecule has 0 aliphatic heterocycles. The molecule has 0 bridgehead atoms. The van der Waals surface area contributed by atoms with Gasteiger partial charge in [-0.2, -0.15) is 0 Å². The smallest absolute Gasteiger partial charge is 0.336 e. The molecular weight excluding hydrogens is 326 g/mol. The molecule has 0 saturated carbocycles. The Morgan fingerprint density at radius 1 is 0.955 bits per heavy atom. The molecule has 0 amide bonds. The first-order chi connectivity index (χ1) is 8.84. The first kappa shape index (κ1) is 28.7. The van der Waals surface area contributed by atoms with E-state index in [1.54, 1.807) is 0 Å². The van der Waals surface area contributed by atoms with E-state index in [1.807, 2.05) is 0 Å². The van der Waals surface area contributed by atoms with Gasteiger partial charge in [-0.15, -0.1) is 0 Å². The predicted octanol–water partition coefficient (Wildman–Crippen LogP) is -5.38. The number of quaternary nitrogens is 1. The lowest BCUT2D eigenvalue weighted by molar-refractivity contribution is -0.870. The second-order valence-electron chi connectivity index (χ2n) is 5.22. The summed E-state index contributed by atoms with van der Waals surface area (Å²) in [6, 6.07) is 0. The van der Waals surface area contributed by atoms with Crippen LogP contribution in [0, 0.1) is 0 Å². The highest BCUT2D eigenvalue weighted by atomic mass is 35.5. The number of aliphatic carboxylic acids is 3. The summed E-state index contributed by atoms with van der Waals surface area (Å²) in [5.41, 5.74) is -2.74. The van der Waals surface area contributed by atoms with E-state index in [4.69, 9.17) is 25.5 Å². The van der Waals surface area contributed by atoms with Crippen molar-refractivity contribution >= 4 is 17.9 Å². The number of carboxylic acids is 3. The van der Waals surface area contributed by atoms with Gasteiger partial charge in [0.25, 0.3) is 0 Å². The summed E-state index contributed by atoms with van der Waals surface area (Å²) in [5, 5.41) is 42.2. The Kier molecular flexibility index (Phi) is 15.8. The summed E-state index contributed by atoms with van der Waals surface area (Å²) < 4.78 is 0.844. The number of carbonyl (C=O) groups is 3. The normalized spacial score (nSPS) is 10.2. The Morgan fingerprint density at radius 3 is 1.36 bits per heavy atom. The summed E-state index contributed by atoms with van der Waals surface area (Å²) >= 11 is 0. The van der Waals surface area contributed by atoms with Crippen molar-refractivity contribution in [3.8, 4) is 0 Å². The molecule has 134 valence electrons. The standard InChI is InChI=1S/C6H8O7.C5H14NO.ClH.H2O/c7-3(8)1-6(13,5(11)12)2-4(9)10;1-6(2,3)4-5-7;;/h13H,1-2H2,(H,7,8)(H,9,10)(H,11,12);7H,4-5H2,1-3H3;1H;1H2/q;+1;;/p-1. The minimum Gasteiger partial charge on any atom is -1.00 e. The largest absolute Gasteiger partial charge is 1.00 e. The molecule has 0 aromatic carbocycles. The molecular formula is C11H24ClNO9. The molecule has 0 atom stereocenters. The number of likely N-dealkylation sites (N-methyl/N-ethyl adjacent to an activating group) is 1. The zero-order valence-corrected chi connectivity index (χ0v) is 13.4. The zero-order chi connectivity index (χ0) is 16.6. The molecule has 0 radical (unpaired) electrons. The Balaban J connectivity index is -0.000000156. The van der Waals surface area contributed by atoms with Crippen LogP contribution in [0.25, 0.3) is 0 Å². The third kappa shape index (κ3) is 16.6. The molecule has 0 aromatic rings. The van der Waals surface area contributed by atoms with Crippen LogP contribution in [0.2, 0.25) is 0 Å². The van der Waals surface area contributed by atoms with Crippen molar-refractivity contribution in [3.63, 3.8) is 0 Å². The molecule has 22 heavy (non-hydrogen) atoms. The minimum absolute atomic E-state index is 0. The van der Waals surface area contributed by atoms with Gasteiger partial charge in [-0.1, -0.05) is 0 Å². The molecule has 0 fully saturated rings. The number of halogens is 1. The van der Waals surface area contributed by atoms with Crippen molar-refractivity contribution < 1.29 is 62.3 Å². The van der Waals surface area contributed by atoms with Gasteiger partial charge in [0.1, 0.15) is 6.54 Å². The van der Waals surface area contributed by atoms with Crippen LogP contribution in [0.15, 0.2) is 0 Å². The van der Waals surface area contributed by atoms with Crippen molar-refractivity contribution in [1.82, 2.24) is 0 Å². The van der Waals surface area contributed by atoms with E-state index >= 15 is 0 Å². The number of hydrogen-bond donors (Lipinski definition) is 5. The average molecular weight is 350 g/mol. The SMILES string of the molecule is C[N+](C)(C)CCO.O.O=C(O)CC(O)(CC(=O)O)C(=O)O.[Cl-]. The van der Waals surface area contributed by atoms with E-state index < -0.39 is 36.4 Å². The number of carboxylic acid groups (broad SMARTS) is 3. The molecule has 10 nitrogen and oxygen atoms in total. The fourth-order valence-electron chi connectivity index (χ4n) is 1.01. The van der Waals surface area contributed by atoms with Crippen LogP contribution >= 0.6 is 0 Å². The second kappa shape index (κ2) is 12.1. The Hall–Kier alpha value is -1.46. The fraction of sp³-hybridized carbons (Fsp3) is 0.727. The number of hydrogen-bond acceptors (Lipinski definition) is 5. The van der Waals surface area contributed by atoms with E-state index in [0.717, 1.165) is 11.0 Å². The lowest BCUT2D eigenvalue weighted by Crippen LogP contribution is -3.00. The maximum absolute atomic E-state index is 10.3. The van der Waals surface area contributed by atoms with E-state index in [2.05, 4.69) is 21.1 Å². The number of rotatable bonds is 7. The Labute approximate surface area is 133 Å². The average Bonchev–Trinajstić information content (AvgIpc) is 2.12. The quantitative estimate of drug-likeness (QED) is 0.282. The Morgan fingerprint density at radius 2 is 1.27 bits per heavy atom. The van der Waals surface area contributed by atoms with Crippen molar-refractivity contribution in [1.29, 1.82) is 0 Å². The molecule has 0 aliphatic rings. The van der Waals surface area contributed by atoms with Gasteiger partial charge in [0.2, 0.25) is 0 Å². The van der Waals surface area contributed by atoms with E-state index in [0.29, 0.717) is 0 Å². The third-order valence-corrected chi connectivity index (χ3v) is 2.06. The first-order valence-electron chi connectivity index (χ1n) is 5.65. The van der Waals surface area contributed by atoms with Gasteiger partial charge in [0.05, 0.1) is 40.6 Å². The summed E-state index contributed by atoms with van der Waals surface area (Å²) in [5.74, 6) is -5.02. The topological polar surface area (TPSA) is 184 Å². The van der Waals surface area contributed by atoms with Gasteiger partial charge in [0.15, 0.2) is 5.60 Å². The lowest BCUT2D eigenvalue weighted by Gasteiger charge is -2.21. The summed E-state index contributed by atoms with van der Waals surface area (Å²) in [6.45, 7) is 1.11. The molecule has 7 N–H and O–H groups in total. The van der Waals surface area contributed by atoms with Crippen LogP contribution in [0.3, 0.4) is 0 Å². The first-order valence-corrected chi connectivity index (χ1v) is 5.65. The molecule has 0 aromatic heterocycles. The molecule has 11 heteroatoms. The third-order valence-electron chi connectivity index (χ3n) is 2.06. The number of aliphatic hydroxyl groups excluding tert-OH is 1. The van der Waals surface area contributed by atoms with Gasteiger partial charge in [-0.05, 0) is 0 Å². The summed E-state index contributed by atoms with van der Waals surface area (Å²) in [6.07, 6.45) is -2.29. The maximum Gasteiger partial charge on any atom is 0.336 e. The highest BCUT2D eigenvalue weighted by Gasteiger charge is 2.40.